The second kappa shape index (κ2) is 37.6. The summed E-state index contributed by atoms with van der Waals surface area (Å²) in [5, 5.41) is 42.6. The first kappa shape index (κ1) is 82.1. The van der Waals surface area contributed by atoms with Crippen molar-refractivity contribution in [2.75, 3.05) is 55.2 Å². The molecule has 9 heterocycles. The molecule has 592 valence electrons. The molecule has 12 aromatic rings. The summed E-state index contributed by atoms with van der Waals surface area (Å²) >= 11 is 4.35. The summed E-state index contributed by atoms with van der Waals surface area (Å²) in [4.78, 5) is 74.3. The van der Waals surface area contributed by atoms with Gasteiger partial charge in [-0.3, -0.25) is 24.3 Å². The van der Waals surface area contributed by atoms with Gasteiger partial charge in [0.15, 0.2) is 42.6 Å². The molecular formula is C86H87N19O7S4. The number of ketones is 2. The van der Waals surface area contributed by atoms with Gasteiger partial charge in [-0.25, -0.2) is 28.5 Å². The number of carbonyl (C=O) groups is 2. The molecular weight excluding hydrogens is 1540 g/mol. The zero-order valence-electron chi connectivity index (χ0n) is 65.5. The third kappa shape index (κ3) is 21.2. The Labute approximate surface area is 685 Å². The van der Waals surface area contributed by atoms with E-state index in [1.54, 1.807) is 54.7 Å². The first-order chi connectivity index (χ1) is 56.0. The smallest absolute Gasteiger partial charge is 0.252 e. The van der Waals surface area contributed by atoms with Crippen molar-refractivity contribution < 1.29 is 32.2 Å². The number of carbonyl (C=O) groups excluding carboxylic acids is 2. The lowest BCUT2D eigenvalue weighted by molar-refractivity contribution is 0.100. The van der Waals surface area contributed by atoms with Gasteiger partial charge in [0.25, 0.3) is 17.6 Å². The van der Waals surface area contributed by atoms with Crippen molar-refractivity contribution in [2.45, 2.75) is 137 Å². The van der Waals surface area contributed by atoms with Gasteiger partial charge in [-0.2, -0.15) is 45.7 Å². The fraction of sp³-hybridized carbons (Fsp3) is 0.302. The second-order valence-electron chi connectivity index (χ2n) is 29.1. The molecule has 0 atom stereocenters. The van der Waals surface area contributed by atoms with Crippen molar-refractivity contribution in [1.29, 1.82) is 15.8 Å². The van der Waals surface area contributed by atoms with Crippen LogP contribution in [0.1, 0.15) is 140 Å². The van der Waals surface area contributed by atoms with E-state index in [0.717, 1.165) is 184 Å². The number of thiazole rings is 3. The maximum atomic E-state index is 11.7. The van der Waals surface area contributed by atoms with Crippen LogP contribution in [-0.2, 0) is 29.7 Å². The van der Waals surface area contributed by atoms with Crippen LogP contribution in [0.3, 0.4) is 0 Å². The number of nitrogens with two attached hydrogens (primary N) is 1. The number of hydrogen-bond donors (Lipinski definition) is 4. The Morgan fingerprint density at radius 2 is 0.819 bits per heavy atom. The van der Waals surface area contributed by atoms with Gasteiger partial charge in [0.2, 0.25) is 27.9 Å². The molecule has 0 radical (unpaired) electrons. The molecule has 0 saturated carbocycles. The molecule has 0 amide bonds. The molecule has 26 nitrogen and oxygen atoms in total. The number of allylic oxidation sites excluding steroid dienone is 2. The molecule has 116 heavy (non-hydrogen) atoms. The summed E-state index contributed by atoms with van der Waals surface area (Å²) in [6.07, 6.45) is 12.2. The SMILES string of the molecule is CC(=O)c1ccc(CN2CCC(Nc3nc(Oc4c(C)cc(/C=C/C#N)cc4C)c4ncsc4n3)CC2)cc1.CC(=O)c1cccc(CN2CCC(Nc3nc(Oc4c(C)cc(C#N)cc4C)c4ncsc4n3)CC2)c1.Cc1cc(/C=C/C#N)cc(C)c1Oc1nc(NC2CCN(Cc3ccc(S(N)(=O)=O)cc3)CC2)nc2scnc12. The van der Waals surface area contributed by atoms with E-state index >= 15 is 0 Å². The average Bonchev–Trinajstić information content (AvgIpc) is 1.57. The van der Waals surface area contributed by atoms with Crippen LogP contribution in [0.5, 0.6) is 34.9 Å². The number of likely N-dealkylation sites (tertiary alicyclic amines) is 3. The Morgan fingerprint density at radius 3 is 1.16 bits per heavy atom. The number of piperidine rings is 3. The van der Waals surface area contributed by atoms with Crippen molar-refractivity contribution in [2.24, 2.45) is 5.14 Å². The Balaban J connectivity index is 0.000000151. The van der Waals surface area contributed by atoms with Crippen molar-refractivity contribution >= 4 is 117 Å². The Bertz CT molecular complexity index is 5840. The molecule has 3 saturated heterocycles. The Morgan fingerprint density at radius 1 is 0.474 bits per heavy atom. The number of Topliss-reactive ketones (excluding diaryl/α,β-unsaturated/α-hetero) is 2. The average molecular weight is 1630 g/mol. The third-order valence-electron chi connectivity index (χ3n) is 20.3. The number of hydrogen-bond acceptors (Lipinski definition) is 28. The summed E-state index contributed by atoms with van der Waals surface area (Å²) in [7, 11) is -3.69. The number of fused-ring (bicyclic) bond motifs is 3. The standard InChI is InChI=1S/C30H30N6O2S.C28H29N7O3S2.C28H28N6O2S/c1-19-15-23(5-4-12-31)16-20(2)27(19)38-28-26-29(39-18-32-26)35-30(34-28)33-25-10-13-36(14-11-25)17-22-6-8-24(9-7-22)21(3)37;1-18-14-21(4-3-11-29)15-19(2)25(18)38-26-24-27(39-17-31-24)34-28(33-26)32-22-9-12-35(13-10-22)16-20-5-7-23(8-6-20)40(30,36)37;1-17-11-21(14-29)12-18(2)25(17)36-26-24-27(37-16-30-24)33-28(32-26)31-23-7-9-34(10-8-23)15-20-5-4-6-22(13-20)19(3)35/h4-9,15-16,18,25H,10-11,13-14,17H2,1-3H3,(H,33,34,35);3-8,14-15,17,22H,9-10,12-13,16H2,1-2H3,(H2,30,36,37)(H,32,33,34);4-6,11-13,16,23H,7-10,15H2,1-3H3,(H,31,32,33)/b5-4+;4-3+;. The van der Waals surface area contributed by atoms with E-state index in [9.17, 15) is 23.3 Å². The molecule has 30 heteroatoms. The molecule has 0 bridgehead atoms. The van der Waals surface area contributed by atoms with Crippen LogP contribution in [0.15, 0.2) is 143 Å². The number of rotatable bonds is 23. The third-order valence-corrected chi connectivity index (χ3v) is 23.4. The van der Waals surface area contributed by atoms with Gasteiger partial charge in [0.1, 0.15) is 17.2 Å². The van der Waals surface area contributed by atoms with Gasteiger partial charge < -0.3 is 30.2 Å². The summed E-state index contributed by atoms with van der Waals surface area (Å²) in [6, 6.07) is 41.0. The monoisotopic (exact) mass is 1630 g/mol. The maximum absolute atomic E-state index is 11.7. The lowest BCUT2D eigenvalue weighted by atomic mass is 10.0. The van der Waals surface area contributed by atoms with E-state index in [1.807, 2.05) is 145 Å². The highest BCUT2D eigenvalue weighted by Gasteiger charge is 2.27. The van der Waals surface area contributed by atoms with Crippen LogP contribution >= 0.6 is 34.0 Å². The van der Waals surface area contributed by atoms with Gasteiger partial charge >= 0.3 is 0 Å². The summed E-state index contributed by atoms with van der Waals surface area (Å²) in [5.74, 6) is 5.13. The molecule has 3 aliphatic rings. The molecule has 3 fully saturated rings. The van der Waals surface area contributed by atoms with E-state index in [0.29, 0.717) is 69.1 Å². The van der Waals surface area contributed by atoms with Crippen LogP contribution in [0.25, 0.3) is 43.2 Å². The quantitative estimate of drug-likeness (QED) is 0.0341. The molecule has 15 rings (SSSR count). The molecule has 5 N–H and O–H groups in total. The number of sulfonamides is 1. The minimum absolute atomic E-state index is 0.0911. The molecule has 0 aliphatic carbocycles. The zero-order valence-corrected chi connectivity index (χ0v) is 68.8. The summed E-state index contributed by atoms with van der Waals surface area (Å²) < 4.78 is 41.9. The molecule has 6 aromatic heterocycles. The molecule has 0 unspecified atom stereocenters. The summed E-state index contributed by atoms with van der Waals surface area (Å²) in [5.41, 5.74) is 20.0. The number of ether oxygens (including phenoxy) is 3. The first-order valence-corrected chi connectivity index (χ1v) is 42.2. The molecule has 0 spiro atoms. The van der Waals surface area contributed by atoms with Gasteiger partial charge in [-0.05, 0) is 222 Å². The number of anilines is 3. The van der Waals surface area contributed by atoms with Crippen molar-refractivity contribution in [3.05, 3.63) is 216 Å². The fourth-order valence-electron chi connectivity index (χ4n) is 14.4. The van der Waals surface area contributed by atoms with Gasteiger partial charge in [-0.1, -0.05) is 54.6 Å². The lowest BCUT2D eigenvalue weighted by Crippen LogP contribution is -2.39. The summed E-state index contributed by atoms with van der Waals surface area (Å²) in [6.45, 7) is 22.9. The highest BCUT2D eigenvalue weighted by molar-refractivity contribution is 7.89. The number of aromatic nitrogens is 9. The number of nitriles is 3. The Hall–Kier alpha value is -11.9. The maximum Gasteiger partial charge on any atom is 0.252 e. The fourth-order valence-corrected chi connectivity index (χ4v) is 16.8. The normalized spacial score (nSPS) is 14.6. The first-order valence-electron chi connectivity index (χ1n) is 38.0. The number of nitrogens with one attached hydrogen (secondary N) is 3. The van der Waals surface area contributed by atoms with Crippen LogP contribution in [0.2, 0.25) is 0 Å². The van der Waals surface area contributed by atoms with E-state index in [4.69, 9.17) is 44.8 Å². The van der Waals surface area contributed by atoms with Crippen LogP contribution in [-0.4, -0.2) is 137 Å². The predicted octanol–water partition coefficient (Wildman–Crippen LogP) is 16.7. The van der Waals surface area contributed by atoms with Gasteiger partial charge in [-0.15, -0.1) is 34.0 Å². The van der Waals surface area contributed by atoms with E-state index < -0.39 is 10.0 Å². The highest BCUT2D eigenvalue weighted by Crippen LogP contribution is 2.39. The predicted molar refractivity (Wildman–Crippen MR) is 454 cm³/mol. The van der Waals surface area contributed by atoms with Crippen molar-refractivity contribution in [3.8, 4) is 53.1 Å². The van der Waals surface area contributed by atoms with E-state index in [-0.39, 0.29) is 34.6 Å². The molecule has 3 aliphatic heterocycles. The van der Waals surface area contributed by atoms with Crippen LogP contribution < -0.4 is 35.3 Å². The van der Waals surface area contributed by atoms with Crippen LogP contribution in [0, 0.1) is 75.5 Å². The van der Waals surface area contributed by atoms with Crippen molar-refractivity contribution in [3.63, 3.8) is 0 Å². The van der Waals surface area contributed by atoms with E-state index in [2.05, 4.69) is 72.7 Å². The van der Waals surface area contributed by atoms with Gasteiger partial charge in [0, 0.05) is 100 Å². The van der Waals surface area contributed by atoms with E-state index in [1.165, 1.54) is 51.7 Å². The number of benzene rings is 6. The molecule has 6 aromatic carbocycles. The van der Waals surface area contributed by atoms with Crippen LogP contribution in [0.4, 0.5) is 17.8 Å². The van der Waals surface area contributed by atoms with Crippen molar-refractivity contribution in [1.82, 2.24) is 59.6 Å². The second-order valence-corrected chi connectivity index (χ2v) is 33.2. The topological polar surface area (TPSA) is 355 Å². The highest BCUT2D eigenvalue weighted by atomic mass is 32.2. The zero-order chi connectivity index (χ0) is 81.6. The Kier molecular flexibility index (Phi) is 26.6. The van der Waals surface area contributed by atoms with Gasteiger partial charge in [0.05, 0.1) is 45.2 Å². The lowest BCUT2D eigenvalue weighted by Gasteiger charge is -2.32. The largest absolute Gasteiger partial charge is 0.436 e. The number of nitrogens with zero attached hydrogens (tertiary/aromatic N) is 15. The minimum atomic E-state index is -3.69. The number of aryl methyl sites for hydroxylation is 6. The minimum Gasteiger partial charge on any atom is -0.436 e. The number of primary sulfonamides is 1.